The number of para-hydroxylation sites is 1. The van der Waals surface area contributed by atoms with E-state index in [9.17, 15) is 14.4 Å². The number of nitrogens with zero attached hydrogens (tertiary/aromatic N) is 3. The van der Waals surface area contributed by atoms with Gasteiger partial charge < -0.3 is 15.5 Å². The summed E-state index contributed by atoms with van der Waals surface area (Å²) in [4.78, 5) is 39.8. The summed E-state index contributed by atoms with van der Waals surface area (Å²) in [5.41, 5.74) is 3.75. The molecular formula is C26H29N5O3. The average Bonchev–Trinajstić information content (AvgIpc) is 3.19. The summed E-state index contributed by atoms with van der Waals surface area (Å²) in [6, 6.07) is 18.8. The minimum Gasteiger partial charge on any atom is -0.350 e. The number of hydrogen-bond donors (Lipinski definition) is 2. The minimum atomic E-state index is -0.299. The first-order valence-electron chi connectivity index (χ1n) is 11.5. The summed E-state index contributed by atoms with van der Waals surface area (Å²) < 4.78 is 1.72. The van der Waals surface area contributed by atoms with Crippen molar-refractivity contribution in [1.29, 1.82) is 0 Å². The largest absolute Gasteiger partial charge is 0.350 e. The molecule has 1 atom stereocenters. The van der Waals surface area contributed by atoms with Crippen molar-refractivity contribution in [1.82, 2.24) is 20.0 Å². The van der Waals surface area contributed by atoms with E-state index in [2.05, 4.69) is 15.7 Å². The molecule has 2 aromatic carbocycles. The Labute approximate surface area is 199 Å². The second-order valence-corrected chi connectivity index (χ2v) is 8.48. The molecule has 0 fully saturated rings. The molecule has 34 heavy (non-hydrogen) atoms. The minimum absolute atomic E-state index is 0.105. The van der Waals surface area contributed by atoms with E-state index in [1.165, 1.54) is 0 Å². The Hall–Kier alpha value is -3.94. The van der Waals surface area contributed by atoms with Crippen LogP contribution in [0.3, 0.4) is 0 Å². The zero-order valence-corrected chi connectivity index (χ0v) is 19.5. The highest BCUT2D eigenvalue weighted by Gasteiger charge is 2.29. The predicted molar refractivity (Wildman–Crippen MR) is 129 cm³/mol. The second kappa shape index (κ2) is 10.3. The van der Waals surface area contributed by atoms with Gasteiger partial charge in [-0.25, -0.2) is 0 Å². The van der Waals surface area contributed by atoms with Gasteiger partial charge in [-0.2, -0.15) is 5.10 Å². The lowest BCUT2D eigenvalue weighted by Gasteiger charge is -2.27. The van der Waals surface area contributed by atoms with Crippen molar-refractivity contribution in [3.63, 3.8) is 0 Å². The molecule has 8 heteroatoms. The third-order valence-corrected chi connectivity index (χ3v) is 6.08. The monoisotopic (exact) mass is 459 g/mol. The molecule has 0 radical (unpaired) electrons. The first kappa shape index (κ1) is 23.2. The molecule has 3 aromatic rings. The zero-order valence-electron chi connectivity index (χ0n) is 19.5. The molecule has 176 valence electrons. The Bertz CT molecular complexity index is 1170. The number of carbonyl (C=O) groups is 3. The maximum atomic E-state index is 12.9. The van der Waals surface area contributed by atoms with E-state index in [0.29, 0.717) is 30.9 Å². The van der Waals surface area contributed by atoms with Crippen LogP contribution in [-0.2, 0) is 29.6 Å². The van der Waals surface area contributed by atoms with Gasteiger partial charge in [-0.3, -0.25) is 19.1 Å². The summed E-state index contributed by atoms with van der Waals surface area (Å²) in [7, 11) is 1.81. The summed E-state index contributed by atoms with van der Waals surface area (Å²) in [5, 5.41) is 10.2. The van der Waals surface area contributed by atoms with E-state index in [4.69, 9.17) is 0 Å². The van der Waals surface area contributed by atoms with E-state index in [0.717, 1.165) is 16.8 Å². The standard InChI is InChI=1S/C26H29N5O3/c1-18(19-9-5-3-6-10-19)27-23(32)13-14-24(33)31-16-15-22-21(17-31)25(29-30(22)2)26(34)28-20-11-7-4-8-12-20/h3-12,18H,13-17H2,1-2H3,(H,27,32)(H,28,34). The molecule has 0 spiro atoms. The Kier molecular flexibility index (Phi) is 7.06. The van der Waals surface area contributed by atoms with Crippen LogP contribution in [0.4, 0.5) is 5.69 Å². The summed E-state index contributed by atoms with van der Waals surface area (Å²) in [6.45, 7) is 2.76. The van der Waals surface area contributed by atoms with Gasteiger partial charge in [0.25, 0.3) is 5.91 Å². The lowest BCUT2D eigenvalue weighted by Crippen LogP contribution is -2.37. The number of aromatic nitrogens is 2. The van der Waals surface area contributed by atoms with E-state index in [1.54, 1.807) is 9.58 Å². The molecular weight excluding hydrogens is 430 g/mol. The van der Waals surface area contributed by atoms with Gasteiger partial charge in [0.05, 0.1) is 6.04 Å². The van der Waals surface area contributed by atoms with Crippen molar-refractivity contribution in [2.75, 3.05) is 11.9 Å². The van der Waals surface area contributed by atoms with Crippen LogP contribution in [0.1, 0.15) is 53.1 Å². The highest BCUT2D eigenvalue weighted by atomic mass is 16.2. The van der Waals surface area contributed by atoms with Crippen LogP contribution >= 0.6 is 0 Å². The van der Waals surface area contributed by atoms with Crippen molar-refractivity contribution in [2.45, 2.75) is 38.8 Å². The highest BCUT2D eigenvalue weighted by molar-refractivity contribution is 6.04. The normalized spacial score (nSPS) is 13.6. The van der Waals surface area contributed by atoms with Gasteiger partial charge >= 0.3 is 0 Å². The van der Waals surface area contributed by atoms with Crippen LogP contribution in [0.5, 0.6) is 0 Å². The fourth-order valence-corrected chi connectivity index (χ4v) is 4.22. The molecule has 1 aliphatic rings. The number of carbonyl (C=O) groups excluding carboxylic acids is 3. The number of anilines is 1. The summed E-state index contributed by atoms with van der Waals surface area (Å²) in [5.74, 6) is -0.565. The highest BCUT2D eigenvalue weighted by Crippen LogP contribution is 2.24. The smallest absolute Gasteiger partial charge is 0.276 e. The lowest BCUT2D eigenvalue weighted by molar-refractivity contribution is -0.134. The molecule has 2 heterocycles. The molecule has 4 rings (SSSR count). The van der Waals surface area contributed by atoms with Gasteiger partial charge in [-0.15, -0.1) is 0 Å². The molecule has 1 aliphatic heterocycles. The van der Waals surface area contributed by atoms with E-state index < -0.39 is 0 Å². The molecule has 8 nitrogen and oxygen atoms in total. The van der Waals surface area contributed by atoms with Crippen LogP contribution in [-0.4, -0.2) is 38.9 Å². The first-order valence-corrected chi connectivity index (χ1v) is 11.5. The topological polar surface area (TPSA) is 96.3 Å². The molecule has 2 N–H and O–H groups in total. The Balaban J connectivity index is 1.35. The van der Waals surface area contributed by atoms with Gasteiger partial charge in [0.2, 0.25) is 11.8 Å². The van der Waals surface area contributed by atoms with Gasteiger partial charge in [0.15, 0.2) is 5.69 Å². The fraction of sp³-hybridized carbons (Fsp3) is 0.308. The van der Waals surface area contributed by atoms with Crippen molar-refractivity contribution < 1.29 is 14.4 Å². The SMILES string of the molecule is CC(NC(=O)CCC(=O)N1CCc2c(c(C(=O)Nc3ccccc3)nn2C)C1)c1ccccc1. The molecule has 0 saturated carbocycles. The lowest BCUT2D eigenvalue weighted by atomic mass is 10.0. The van der Waals surface area contributed by atoms with Gasteiger partial charge in [0, 0.05) is 56.3 Å². The molecule has 0 aliphatic carbocycles. The second-order valence-electron chi connectivity index (χ2n) is 8.48. The number of hydrogen-bond acceptors (Lipinski definition) is 4. The Morgan fingerprint density at radius 3 is 2.38 bits per heavy atom. The van der Waals surface area contributed by atoms with Gasteiger partial charge in [-0.05, 0) is 24.6 Å². The number of rotatable bonds is 7. The van der Waals surface area contributed by atoms with Crippen LogP contribution in [0, 0.1) is 0 Å². The number of nitrogens with one attached hydrogen (secondary N) is 2. The van der Waals surface area contributed by atoms with Crippen molar-refractivity contribution in [2.24, 2.45) is 7.05 Å². The van der Waals surface area contributed by atoms with Crippen molar-refractivity contribution in [3.05, 3.63) is 83.2 Å². The van der Waals surface area contributed by atoms with Crippen LogP contribution in [0.25, 0.3) is 0 Å². The molecule has 1 unspecified atom stereocenters. The van der Waals surface area contributed by atoms with E-state index >= 15 is 0 Å². The maximum Gasteiger partial charge on any atom is 0.276 e. The Morgan fingerprint density at radius 2 is 1.68 bits per heavy atom. The molecule has 1 aromatic heterocycles. The third kappa shape index (κ3) is 5.33. The number of benzene rings is 2. The third-order valence-electron chi connectivity index (χ3n) is 6.08. The summed E-state index contributed by atoms with van der Waals surface area (Å²) >= 11 is 0. The van der Waals surface area contributed by atoms with Crippen LogP contribution in [0.2, 0.25) is 0 Å². The molecule has 0 saturated heterocycles. The van der Waals surface area contributed by atoms with Crippen molar-refractivity contribution >= 4 is 23.4 Å². The number of fused-ring (bicyclic) bond motifs is 1. The maximum absolute atomic E-state index is 12.9. The number of amides is 3. The van der Waals surface area contributed by atoms with Crippen LogP contribution < -0.4 is 10.6 Å². The summed E-state index contributed by atoms with van der Waals surface area (Å²) in [6.07, 6.45) is 0.850. The Morgan fingerprint density at radius 1 is 1.00 bits per heavy atom. The zero-order chi connectivity index (χ0) is 24.1. The van der Waals surface area contributed by atoms with Gasteiger partial charge in [0.1, 0.15) is 0 Å². The van der Waals surface area contributed by atoms with E-state index in [-0.39, 0.29) is 36.6 Å². The predicted octanol–water partition coefficient (Wildman–Crippen LogP) is 3.21. The van der Waals surface area contributed by atoms with Gasteiger partial charge in [-0.1, -0.05) is 48.5 Å². The molecule has 3 amide bonds. The molecule has 0 bridgehead atoms. The quantitative estimate of drug-likeness (QED) is 0.567. The number of aryl methyl sites for hydroxylation is 1. The van der Waals surface area contributed by atoms with Crippen molar-refractivity contribution in [3.8, 4) is 0 Å². The van der Waals surface area contributed by atoms with Crippen LogP contribution in [0.15, 0.2) is 60.7 Å². The van der Waals surface area contributed by atoms with E-state index in [1.807, 2.05) is 74.6 Å². The average molecular weight is 460 g/mol. The fourth-order valence-electron chi connectivity index (χ4n) is 4.22. The first-order chi connectivity index (χ1) is 16.4.